The lowest BCUT2D eigenvalue weighted by Crippen LogP contribution is -2.14. The molecule has 110 valence electrons. The molecule has 0 heterocycles. The molecule has 2 aromatic carbocycles. The summed E-state index contributed by atoms with van der Waals surface area (Å²) in [6.45, 7) is 0. The number of sulfonamides is 1. The van der Waals surface area contributed by atoms with Crippen molar-refractivity contribution in [3.05, 3.63) is 64.1 Å². The van der Waals surface area contributed by atoms with E-state index in [4.69, 9.17) is 5.14 Å². The first-order valence-electron chi connectivity index (χ1n) is 6.00. The summed E-state index contributed by atoms with van der Waals surface area (Å²) in [6.07, 6.45) is 0. The van der Waals surface area contributed by atoms with Crippen LogP contribution in [0.3, 0.4) is 0 Å². The van der Waals surface area contributed by atoms with Gasteiger partial charge in [0.15, 0.2) is 0 Å². The Bertz CT molecular complexity index is 741. The summed E-state index contributed by atoms with van der Waals surface area (Å²) in [7, 11) is -3.55. The summed E-state index contributed by atoms with van der Waals surface area (Å²) >= 11 is 3.30. The first-order valence-corrected chi connectivity index (χ1v) is 8.51. The van der Waals surface area contributed by atoms with Gasteiger partial charge in [-0.1, -0.05) is 28.1 Å². The number of nitrogens with two attached hydrogens (primary N) is 1. The molecule has 0 saturated carbocycles. The summed E-state index contributed by atoms with van der Waals surface area (Å²) in [5.74, 6) is -0.463. The Balaban J connectivity index is 2.06. The molecule has 0 aliphatic heterocycles. The summed E-state index contributed by atoms with van der Waals surface area (Å²) in [6, 6.07) is 13.5. The lowest BCUT2D eigenvalue weighted by Gasteiger charge is -2.06. The van der Waals surface area contributed by atoms with Crippen LogP contribution in [0.5, 0.6) is 0 Å². The molecule has 0 bridgehead atoms. The number of carbonyl (C=O) groups excluding carboxylic acids is 1. The van der Waals surface area contributed by atoms with Crippen molar-refractivity contribution in [2.75, 3.05) is 5.32 Å². The van der Waals surface area contributed by atoms with Crippen molar-refractivity contribution in [1.82, 2.24) is 0 Å². The highest BCUT2D eigenvalue weighted by molar-refractivity contribution is 9.10. The van der Waals surface area contributed by atoms with Gasteiger partial charge in [-0.3, -0.25) is 4.79 Å². The van der Waals surface area contributed by atoms with Gasteiger partial charge in [-0.05, 0) is 42.0 Å². The van der Waals surface area contributed by atoms with Crippen molar-refractivity contribution in [2.45, 2.75) is 5.75 Å². The monoisotopic (exact) mass is 368 g/mol. The Labute approximate surface area is 131 Å². The molecule has 0 unspecified atom stereocenters. The largest absolute Gasteiger partial charge is 0.322 e. The zero-order chi connectivity index (χ0) is 15.5. The number of amides is 1. The van der Waals surface area contributed by atoms with Gasteiger partial charge in [0.1, 0.15) is 0 Å². The summed E-state index contributed by atoms with van der Waals surface area (Å²) in [5, 5.41) is 7.71. The van der Waals surface area contributed by atoms with E-state index >= 15 is 0 Å². The maximum atomic E-state index is 12.0. The number of carbonyl (C=O) groups is 1. The average molecular weight is 369 g/mol. The van der Waals surface area contributed by atoms with Crippen LogP contribution in [0.1, 0.15) is 15.9 Å². The van der Waals surface area contributed by atoms with Gasteiger partial charge in [0.05, 0.1) is 5.75 Å². The quantitative estimate of drug-likeness (QED) is 0.868. The van der Waals surface area contributed by atoms with Gasteiger partial charge < -0.3 is 5.32 Å². The molecule has 0 aliphatic carbocycles. The van der Waals surface area contributed by atoms with Gasteiger partial charge in [-0.25, -0.2) is 13.6 Å². The van der Waals surface area contributed by atoms with E-state index in [2.05, 4.69) is 21.2 Å². The van der Waals surface area contributed by atoms with Crippen LogP contribution in [0.25, 0.3) is 0 Å². The molecule has 2 rings (SSSR count). The maximum absolute atomic E-state index is 12.0. The predicted molar refractivity (Wildman–Crippen MR) is 85.3 cm³/mol. The van der Waals surface area contributed by atoms with E-state index in [0.717, 1.165) is 4.47 Å². The van der Waals surface area contributed by atoms with Gasteiger partial charge in [-0.15, -0.1) is 0 Å². The van der Waals surface area contributed by atoms with Crippen LogP contribution in [0, 0.1) is 0 Å². The van der Waals surface area contributed by atoms with Crippen molar-refractivity contribution < 1.29 is 13.2 Å². The first-order chi connectivity index (χ1) is 9.83. The van der Waals surface area contributed by atoms with E-state index in [9.17, 15) is 13.2 Å². The maximum Gasteiger partial charge on any atom is 0.255 e. The molecule has 0 spiro atoms. The zero-order valence-electron chi connectivity index (χ0n) is 10.9. The van der Waals surface area contributed by atoms with Gasteiger partial charge in [-0.2, -0.15) is 0 Å². The molecular formula is C14H13BrN2O3S. The molecule has 2 aromatic rings. The zero-order valence-corrected chi connectivity index (χ0v) is 13.3. The molecule has 0 aliphatic rings. The summed E-state index contributed by atoms with van der Waals surface area (Å²) in [4.78, 5) is 12.0. The van der Waals surface area contributed by atoms with Crippen LogP contribution < -0.4 is 10.5 Å². The minimum absolute atomic E-state index is 0.228. The lowest BCUT2D eigenvalue weighted by atomic mass is 10.2. The molecule has 1 amide bonds. The lowest BCUT2D eigenvalue weighted by molar-refractivity contribution is 0.102. The minimum atomic E-state index is -3.55. The van der Waals surface area contributed by atoms with Gasteiger partial charge in [0, 0.05) is 15.7 Å². The third kappa shape index (κ3) is 4.96. The van der Waals surface area contributed by atoms with E-state index in [-0.39, 0.29) is 11.7 Å². The highest BCUT2D eigenvalue weighted by Gasteiger charge is 2.07. The number of hydrogen-bond acceptors (Lipinski definition) is 3. The van der Waals surface area contributed by atoms with Gasteiger partial charge >= 0.3 is 0 Å². The second-order valence-corrected chi connectivity index (χ2v) is 7.00. The Morgan fingerprint density at radius 1 is 1.05 bits per heavy atom. The van der Waals surface area contributed by atoms with Crippen LogP contribution in [0.15, 0.2) is 53.0 Å². The molecule has 0 radical (unpaired) electrons. The number of nitrogens with one attached hydrogen (secondary N) is 1. The van der Waals surface area contributed by atoms with E-state index in [1.165, 1.54) is 0 Å². The molecule has 0 aromatic heterocycles. The smallest absolute Gasteiger partial charge is 0.255 e. The number of rotatable bonds is 4. The number of benzene rings is 2. The normalized spacial score (nSPS) is 11.1. The fraction of sp³-hybridized carbons (Fsp3) is 0.0714. The van der Waals surface area contributed by atoms with Crippen LogP contribution in [-0.2, 0) is 15.8 Å². The topological polar surface area (TPSA) is 89.3 Å². The number of halogens is 1. The SMILES string of the molecule is NS(=O)(=O)Cc1ccc(NC(=O)c2ccc(Br)cc2)cc1. The number of hydrogen-bond donors (Lipinski definition) is 2. The standard InChI is InChI=1S/C14H13BrN2O3S/c15-12-5-3-11(4-6-12)14(18)17-13-7-1-10(2-8-13)9-21(16,19)20/h1-8H,9H2,(H,17,18)(H2,16,19,20). The highest BCUT2D eigenvalue weighted by Crippen LogP contribution is 2.14. The molecule has 21 heavy (non-hydrogen) atoms. The third-order valence-electron chi connectivity index (χ3n) is 2.69. The van der Waals surface area contributed by atoms with E-state index in [0.29, 0.717) is 16.8 Å². The Kier molecular flexibility index (Phi) is 4.76. The fourth-order valence-electron chi connectivity index (χ4n) is 1.72. The Morgan fingerprint density at radius 3 is 2.14 bits per heavy atom. The molecule has 0 atom stereocenters. The van der Waals surface area contributed by atoms with Crippen molar-refractivity contribution in [3.63, 3.8) is 0 Å². The van der Waals surface area contributed by atoms with Crippen LogP contribution >= 0.6 is 15.9 Å². The molecular weight excluding hydrogens is 356 g/mol. The van der Waals surface area contributed by atoms with Crippen LogP contribution in [0.4, 0.5) is 5.69 Å². The second-order valence-electron chi connectivity index (χ2n) is 4.47. The third-order valence-corrected chi connectivity index (χ3v) is 3.95. The summed E-state index contributed by atoms with van der Waals surface area (Å²) < 4.78 is 22.9. The Morgan fingerprint density at radius 2 is 1.62 bits per heavy atom. The van der Waals surface area contributed by atoms with E-state index in [1.807, 2.05) is 0 Å². The minimum Gasteiger partial charge on any atom is -0.322 e. The summed E-state index contributed by atoms with van der Waals surface area (Å²) in [5.41, 5.74) is 1.69. The first kappa shape index (κ1) is 15.7. The second kappa shape index (κ2) is 6.38. The van der Waals surface area contributed by atoms with E-state index < -0.39 is 10.0 Å². The van der Waals surface area contributed by atoms with Crippen molar-refractivity contribution in [3.8, 4) is 0 Å². The van der Waals surface area contributed by atoms with E-state index in [1.54, 1.807) is 48.5 Å². The van der Waals surface area contributed by atoms with Gasteiger partial charge in [0.25, 0.3) is 5.91 Å². The molecule has 3 N–H and O–H groups in total. The Hall–Kier alpha value is -1.70. The number of anilines is 1. The molecule has 5 nitrogen and oxygen atoms in total. The predicted octanol–water partition coefficient (Wildman–Crippen LogP) is 2.49. The fourth-order valence-corrected chi connectivity index (χ4v) is 2.64. The number of primary sulfonamides is 1. The van der Waals surface area contributed by atoms with Crippen LogP contribution in [-0.4, -0.2) is 14.3 Å². The molecule has 0 fully saturated rings. The molecule has 7 heteroatoms. The van der Waals surface area contributed by atoms with Crippen molar-refractivity contribution in [1.29, 1.82) is 0 Å². The van der Waals surface area contributed by atoms with Crippen molar-refractivity contribution in [2.24, 2.45) is 5.14 Å². The average Bonchev–Trinajstić information content (AvgIpc) is 2.40. The highest BCUT2D eigenvalue weighted by atomic mass is 79.9. The van der Waals surface area contributed by atoms with Crippen molar-refractivity contribution >= 4 is 37.5 Å². The molecule has 0 saturated heterocycles. The van der Waals surface area contributed by atoms with Gasteiger partial charge in [0.2, 0.25) is 10.0 Å². The van der Waals surface area contributed by atoms with Crippen LogP contribution in [0.2, 0.25) is 0 Å².